The Morgan fingerprint density at radius 1 is 1.21 bits per heavy atom. The molecule has 1 aliphatic rings. The number of ether oxygens (including phenoxy) is 2. The smallest absolute Gasteiger partial charge is 0.343 e. The number of aromatic nitrogens is 6. The highest BCUT2D eigenvalue weighted by Crippen LogP contribution is 2.44. The Morgan fingerprint density at radius 2 is 1.88 bits per heavy atom. The fraction of sp³-hybridized carbons (Fsp3) is 0.789. The molecule has 15 heteroatoms. The predicted molar refractivity (Wildman–Crippen MR) is 122 cm³/mol. The SMILES string of the molecule is CCCn1nnc2c(=O)n(C3CCC(COC(C(=O)O)P(=O)(NC(C)C)NC(C)C)O3)nnc21. The summed E-state index contributed by atoms with van der Waals surface area (Å²) in [4.78, 5) is 24.8. The van der Waals surface area contributed by atoms with Crippen molar-refractivity contribution in [2.24, 2.45) is 0 Å². The summed E-state index contributed by atoms with van der Waals surface area (Å²) in [5.74, 6) is -2.95. The summed E-state index contributed by atoms with van der Waals surface area (Å²) in [5, 5.41) is 31.3. The van der Waals surface area contributed by atoms with Crippen molar-refractivity contribution in [2.75, 3.05) is 6.61 Å². The Balaban J connectivity index is 1.70. The first kappa shape index (κ1) is 26.4. The van der Waals surface area contributed by atoms with Gasteiger partial charge in [0.25, 0.3) is 7.44 Å². The second-order valence-corrected chi connectivity index (χ2v) is 11.2. The van der Waals surface area contributed by atoms with Gasteiger partial charge in [0.05, 0.1) is 12.7 Å². The van der Waals surface area contributed by atoms with Crippen molar-refractivity contribution in [2.45, 2.75) is 90.7 Å². The summed E-state index contributed by atoms with van der Waals surface area (Å²) >= 11 is 0. The van der Waals surface area contributed by atoms with Gasteiger partial charge in [0.15, 0.2) is 6.23 Å². The highest BCUT2D eigenvalue weighted by molar-refractivity contribution is 7.61. The number of carbonyl (C=O) groups is 1. The van der Waals surface area contributed by atoms with Gasteiger partial charge in [0.2, 0.25) is 17.0 Å². The lowest BCUT2D eigenvalue weighted by molar-refractivity contribution is -0.147. The average molecular weight is 500 g/mol. The minimum atomic E-state index is -3.64. The van der Waals surface area contributed by atoms with Gasteiger partial charge in [-0.3, -0.25) is 9.36 Å². The van der Waals surface area contributed by atoms with E-state index in [9.17, 15) is 19.3 Å². The van der Waals surface area contributed by atoms with Crippen LogP contribution in [0, 0.1) is 0 Å². The number of hydrogen-bond donors (Lipinski definition) is 3. The van der Waals surface area contributed by atoms with E-state index in [1.807, 2.05) is 6.92 Å². The second kappa shape index (κ2) is 11.0. The molecule has 2 aromatic rings. The molecule has 1 aliphatic heterocycles. The molecule has 0 spiro atoms. The summed E-state index contributed by atoms with van der Waals surface area (Å²) in [5.41, 5.74) is -0.0383. The maximum Gasteiger partial charge on any atom is 0.343 e. The molecule has 3 atom stereocenters. The third-order valence-electron chi connectivity index (χ3n) is 5.03. The summed E-state index contributed by atoms with van der Waals surface area (Å²) in [6, 6.07) is -0.462. The van der Waals surface area contributed by atoms with Crippen LogP contribution in [0.2, 0.25) is 0 Å². The number of fused-ring (bicyclic) bond motifs is 1. The van der Waals surface area contributed by atoms with E-state index >= 15 is 0 Å². The zero-order valence-electron chi connectivity index (χ0n) is 20.0. The molecule has 0 saturated carbocycles. The van der Waals surface area contributed by atoms with Crippen molar-refractivity contribution in [3.8, 4) is 0 Å². The van der Waals surface area contributed by atoms with Crippen molar-refractivity contribution in [3.05, 3.63) is 10.4 Å². The van der Waals surface area contributed by atoms with Gasteiger partial charge in [0.1, 0.15) is 0 Å². The molecule has 0 aromatic carbocycles. The van der Waals surface area contributed by atoms with Crippen LogP contribution >= 0.6 is 7.44 Å². The quantitative estimate of drug-likeness (QED) is 0.354. The monoisotopic (exact) mass is 500 g/mol. The van der Waals surface area contributed by atoms with Crippen LogP contribution < -0.4 is 15.7 Å². The molecule has 0 bridgehead atoms. The molecule has 1 saturated heterocycles. The lowest BCUT2D eigenvalue weighted by Crippen LogP contribution is -2.42. The molecule has 34 heavy (non-hydrogen) atoms. The van der Waals surface area contributed by atoms with E-state index in [2.05, 4.69) is 30.8 Å². The van der Waals surface area contributed by atoms with Crippen LogP contribution in [0.15, 0.2) is 4.79 Å². The summed E-state index contributed by atoms with van der Waals surface area (Å²) in [7, 11) is -3.64. The molecule has 3 N–H and O–H groups in total. The topological polar surface area (TPSA) is 175 Å². The van der Waals surface area contributed by atoms with Gasteiger partial charge in [-0.1, -0.05) is 17.4 Å². The molecule has 2 aromatic heterocycles. The Hall–Kier alpha value is -2.25. The van der Waals surface area contributed by atoms with E-state index in [-0.39, 0.29) is 24.2 Å². The third kappa shape index (κ3) is 5.87. The number of aryl methyl sites for hydroxylation is 1. The predicted octanol–water partition coefficient (Wildman–Crippen LogP) is 1.09. The molecule has 3 unspecified atom stereocenters. The van der Waals surface area contributed by atoms with Crippen LogP contribution in [-0.2, 0) is 25.4 Å². The molecule has 0 radical (unpaired) electrons. The number of nitrogens with zero attached hydrogens (tertiary/aromatic N) is 6. The molecule has 0 amide bonds. The second-order valence-electron chi connectivity index (χ2n) is 8.86. The highest BCUT2D eigenvalue weighted by atomic mass is 31.2. The molecular formula is C19H33N8O6P. The first-order valence-corrected chi connectivity index (χ1v) is 13.2. The minimum Gasteiger partial charge on any atom is -0.479 e. The van der Waals surface area contributed by atoms with Crippen LogP contribution in [0.1, 0.15) is 60.1 Å². The van der Waals surface area contributed by atoms with Crippen LogP contribution in [-0.4, -0.2) is 71.7 Å². The molecular weight excluding hydrogens is 467 g/mol. The number of nitrogens with one attached hydrogen (secondary N) is 2. The molecule has 0 aliphatic carbocycles. The fourth-order valence-electron chi connectivity index (χ4n) is 3.80. The number of rotatable bonds is 12. The lowest BCUT2D eigenvalue weighted by atomic mass is 10.2. The van der Waals surface area contributed by atoms with Crippen molar-refractivity contribution >= 4 is 24.6 Å². The van der Waals surface area contributed by atoms with Crippen LogP contribution in [0.4, 0.5) is 0 Å². The number of carboxylic acid groups (broad SMARTS) is 1. The van der Waals surface area contributed by atoms with Crippen LogP contribution in [0.3, 0.4) is 0 Å². The number of hydrogen-bond acceptors (Lipinski definition) is 9. The van der Waals surface area contributed by atoms with E-state index in [4.69, 9.17) is 9.47 Å². The largest absolute Gasteiger partial charge is 0.479 e. The summed E-state index contributed by atoms with van der Waals surface area (Å²) in [6.45, 7) is 9.52. The Bertz CT molecular complexity index is 1090. The molecule has 14 nitrogen and oxygen atoms in total. The zero-order valence-corrected chi connectivity index (χ0v) is 20.9. The average Bonchev–Trinajstić information content (AvgIpc) is 3.35. The van der Waals surface area contributed by atoms with E-state index in [1.165, 1.54) is 4.68 Å². The normalized spacial score (nSPS) is 20.0. The standard InChI is InChI=1S/C19H33N8O6P/c1-6-9-26-16-15(20-24-26)17(28)27(25-21-16)14-8-7-13(33-14)10-32-19(18(29)30)34(31,22-11(2)3)23-12(4)5/h11-14,19H,6-10H2,1-5H3,(H,29,30)(H2,22,23,31). The maximum atomic E-state index is 13.4. The van der Waals surface area contributed by atoms with Gasteiger partial charge in [-0.15, -0.1) is 10.2 Å². The van der Waals surface area contributed by atoms with Gasteiger partial charge < -0.3 is 14.6 Å². The van der Waals surface area contributed by atoms with Crippen molar-refractivity contribution in [3.63, 3.8) is 0 Å². The molecule has 1 fully saturated rings. The molecule has 3 rings (SSSR count). The maximum absolute atomic E-state index is 13.4. The first-order chi connectivity index (χ1) is 16.1. The highest BCUT2D eigenvalue weighted by Gasteiger charge is 2.42. The molecule has 190 valence electrons. The summed E-state index contributed by atoms with van der Waals surface area (Å²) < 4.78 is 27.6. The summed E-state index contributed by atoms with van der Waals surface area (Å²) in [6.07, 6.45) is 0.526. The Morgan fingerprint density at radius 3 is 2.47 bits per heavy atom. The van der Waals surface area contributed by atoms with Gasteiger partial charge in [-0.25, -0.2) is 19.7 Å². The zero-order chi connectivity index (χ0) is 25.0. The van der Waals surface area contributed by atoms with Gasteiger partial charge in [-0.2, -0.15) is 4.68 Å². The van der Waals surface area contributed by atoms with Crippen molar-refractivity contribution < 1.29 is 23.9 Å². The molecule has 3 heterocycles. The van der Waals surface area contributed by atoms with Crippen LogP contribution in [0.25, 0.3) is 11.2 Å². The van der Waals surface area contributed by atoms with E-state index in [1.54, 1.807) is 27.7 Å². The Kier molecular flexibility index (Phi) is 8.52. The minimum absolute atomic E-state index is 0.109. The Labute approximate surface area is 196 Å². The van der Waals surface area contributed by atoms with Crippen LogP contribution in [0.5, 0.6) is 0 Å². The number of aliphatic carboxylic acids is 1. The number of carboxylic acids is 1. The third-order valence-corrected chi connectivity index (χ3v) is 7.86. The fourth-order valence-corrected chi connectivity index (χ4v) is 6.28. The van der Waals surface area contributed by atoms with E-state index in [0.29, 0.717) is 25.0 Å². The van der Waals surface area contributed by atoms with Gasteiger partial charge >= 0.3 is 11.5 Å². The van der Waals surface area contributed by atoms with Crippen molar-refractivity contribution in [1.82, 2.24) is 40.2 Å². The van der Waals surface area contributed by atoms with E-state index in [0.717, 1.165) is 11.1 Å². The van der Waals surface area contributed by atoms with Gasteiger partial charge in [-0.05, 0) is 47.0 Å². The van der Waals surface area contributed by atoms with E-state index < -0.39 is 37.1 Å². The van der Waals surface area contributed by atoms with Crippen molar-refractivity contribution in [1.29, 1.82) is 0 Å². The van der Waals surface area contributed by atoms with Gasteiger partial charge in [0, 0.05) is 18.6 Å². The first-order valence-electron chi connectivity index (χ1n) is 11.4. The lowest BCUT2D eigenvalue weighted by Gasteiger charge is -2.30.